The minimum absolute atomic E-state index is 0.135. The molecule has 2 fully saturated rings. The molecule has 0 spiro atoms. The zero-order chi connectivity index (χ0) is 19.6. The van der Waals surface area contributed by atoms with Crippen LogP contribution in [-0.2, 0) is 4.74 Å². The number of benzene rings is 1. The summed E-state index contributed by atoms with van der Waals surface area (Å²) in [4.78, 5) is 19.2. The zero-order valence-electron chi connectivity index (χ0n) is 16.5. The first-order valence-electron chi connectivity index (χ1n) is 10.4. The molecule has 0 N–H and O–H groups in total. The Morgan fingerprint density at radius 1 is 1.00 bits per heavy atom. The van der Waals surface area contributed by atoms with E-state index in [1.165, 1.54) is 6.42 Å². The molecular weight excluding hydrogens is 388 g/mol. The fourth-order valence-electron chi connectivity index (χ4n) is 4.17. The van der Waals surface area contributed by atoms with Gasteiger partial charge >= 0.3 is 0 Å². The highest BCUT2D eigenvalue weighted by Crippen LogP contribution is 2.37. The van der Waals surface area contributed by atoms with E-state index in [1.807, 2.05) is 35.2 Å². The molecule has 29 heavy (non-hydrogen) atoms. The normalized spacial score (nSPS) is 22.1. The standard InChI is InChI=1S/C22H26N2O4S/c25-22(24-9-7-23(8-10-24)15-17-2-1-11-26-17)21-6-5-20(29-21)16-3-4-18-19(14-16)28-13-12-27-18/h3-6,14,17H,1-2,7-13,15H2/t17-/m1/s1. The number of rotatable bonds is 4. The Hall–Kier alpha value is -2.09. The molecule has 154 valence electrons. The Balaban J connectivity index is 1.21. The monoisotopic (exact) mass is 414 g/mol. The molecule has 0 radical (unpaired) electrons. The second kappa shape index (κ2) is 8.34. The number of carbonyl (C=O) groups excluding carboxylic acids is 1. The molecular formula is C22H26N2O4S. The summed E-state index contributed by atoms with van der Waals surface area (Å²) >= 11 is 1.54. The molecule has 0 saturated carbocycles. The third-order valence-corrected chi connectivity index (χ3v) is 6.91. The van der Waals surface area contributed by atoms with E-state index in [1.54, 1.807) is 11.3 Å². The van der Waals surface area contributed by atoms with Crippen molar-refractivity contribution in [2.24, 2.45) is 0 Å². The number of hydrogen-bond donors (Lipinski definition) is 0. The Morgan fingerprint density at radius 2 is 1.83 bits per heavy atom. The predicted molar refractivity (Wildman–Crippen MR) is 112 cm³/mol. The molecule has 1 amide bonds. The summed E-state index contributed by atoms with van der Waals surface area (Å²) < 4.78 is 17.0. The quantitative estimate of drug-likeness (QED) is 0.770. The molecule has 2 saturated heterocycles. The molecule has 5 rings (SSSR count). The van der Waals surface area contributed by atoms with Crippen LogP contribution in [0.2, 0.25) is 0 Å². The summed E-state index contributed by atoms with van der Waals surface area (Å²) in [5.74, 6) is 1.70. The fourth-order valence-corrected chi connectivity index (χ4v) is 5.14. The SMILES string of the molecule is O=C(c1ccc(-c2ccc3c(c2)OCCO3)s1)N1CCN(C[C@H]2CCCO2)CC1. The number of ether oxygens (including phenoxy) is 3. The molecule has 1 aromatic carbocycles. The maximum atomic E-state index is 13.0. The number of nitrogens with zero attached hydrogens (tertiary/aromatic N) is 2. The van der Waals surface area contributed by atoms with E-state index in [-0.39, 0.29) is 5.91 Å². The minimum atomic E-state index is 0.135. The summed E-state index contributed by atoms with van der Waals surface area (Å²) in [5, 5.41) is 0. The molecule has 0 bridgehead atoms. The molecule has 3 aliphatic heterocycles. The summed E-state index contributed by atoms with van der Waals surface area (Å²) in [6.07, 6.45) is 2.72. The van der Waals surface area contributed by atoms with Crippen molar-refractivity contribution < 1.29 is 19.0 Å². The van der Waals surface area contributed by atoms with Gasteiger partial charge in [-0.3, -0.25) is 9.69 Å². The smallest absolute Gasteiger partial charge is 0.264 e. The topological polar surface area (TPSA) is 51.2 Å². The van der Waals surface area contributed by atoms with Gasteiger partial charge in [0.2, 0.25) is 0 Å². The highest BCUT2D eigenvalue weighted by Gasteiger charge is 2.26. The van der Waals surface area contributed by atoms with Gasteiger partial charge in [0.05, 0.1) is 11.0 Å². The van der Waals surface area contributed by atoms with Gasteiger partial charge in [0, 0.05) is 44.2 Å². The molecule has 4 heterocycles. The molecule has 7 heteroatoms. The lowest BCUT2D eigenvalue weighted by molar-refractivity contribution is 0.0435. The van der Waals surface area contributed by atoms with E-state index in [4.69, 9.17) is 14.2 Å². The maximum Gasteiger partial charge on any atom is 0.264 e. The number of carbonyl (C=O) groups is 1. The van der Waals surface area contributed by atoms with Gasteiger partial charge in [-0.1, -0.05) is 0 Å². The highest BCUT2D eigenvalue weighted by molar-refractivity contribution is 7.17. The van der Waals surface area contributed by atoms with Gasteiger partial charge in [0.15, 0.2) is 11.5 Å². The number of hydrogen-bond acceptors (Lipinski definition) is 6. The van der Waals surface area contributed by atoms with Crippen LogP contribution < -0.4 is 9.47 Å². The molecule has 6 nitrogen and oxygen atoms in total. The fraction of sp³-hybridized carbons (Fsp3) is 0.500. The van der Waals surface area contributed by atoms with Crippen molar-refractivity contribution in [2.45, 2.75) is 18.9 Å². The van der Waals surface area contributed by atoms with Crippen LogP contribution in [0.25, 0.3) is 10.4 Å². The Kier molecular flexibility index (Phi) is 5.44. The van der Waals surface area contributed by atoms with Crippen molar-refractivity contribution in [3.8, 4) is 21.9 Å². The lowest BCUT2D eigenvalue weighted by Crippen LogP contribution is -2.50. The van der Waals surface area contributed by atoms with E-state index in [0.29, 0.717) is 19.3 Å². The summed E-state index contributed by atoms with van der Waals surface area (Å²) in [6.45, 7) is 6.46. The third kappa shape index (κ3) is 4.13. The molecule has 2 aromatic rings. The third-order valence-electron chi connectivity index (χ3n) is 5.79. The van der Waals surface area contributed by atoms with Gasteiger partial charge in [-0.2, -0.15) is 0 Å². The molecule has 3 aliphatic rings. The van der Waals surface area contributed by atoms with E-state index in [9.17, 15) is 4.79 Å². The largest absolute Gasteiger partial charge is 0.486 e. The zero-order valence-corrected chi connectivity index (χ0v) is 17.3. The van der Waals surface area contributed by atoms with Crippen molar-refractivity contribution in [3.05, 3.63) is 35.2 Å². The number of piperazine rings is 1. The van der Waals surface area contributed by atoms with E-state index >= 15 is 0 Å². The van der Waals surface area contributed by atoms with Crippen LogP contribution in [0.5, 0.6) is 11.5 Å². The van der Waals surface area contributed by atoms with Crippen LogP contribution in [-0.4, -0.2) is 74.4 Å². The summed E-state index contributed by atoms with van der Waals surface area (Å²) in [7, 11) is 0. The van der Waals surface area contributed by atoms with Gasteiger partial charge in [0.25, 0.3) is 5.91 Å². The van der Waals surface area contributed by atoms with E-state index < -0.39 is 0 Å². The van der Waals surface area contributed by atoms with Crippen molar-refractivity contribution in [1.82, 2.24) is 9.80 Å². The van der Waals surface area contributed by atoms with E-state index in [0.717, 1.165) is 72.6 Å². The summed E-state index contributed by atoms with van der Waals surface area (Å²) in [5.41, 5.74) is 1.06. The number of fused-ring (bicyclic) bond motifs is 1. The van der Waals surface area contributed by atoms with E-state index in [2.05, 4.69) is 4.90 Å². The first-order valence-corrected chi connectivity index (χ1v) is 11.2. The van der Waals surface area contributed by atoms with Crippen LogP contribution in [0, 0.1) is 0 Å². The average Bonchev–Trinajstić information content (AvgIpc) is 3.46. The van der Waals surface area contributed by atoms with Crippen LogP contribution in [0.1, 0.15) is 22.5 Å². The van der Waals surface area contributed by atoms with Gasteiger partial charge in [-0.05, 0) is 48.7 Å². The van der Waals surface area contributed by atoms with Crippen LogP contribution in [0.15, 0.2) is 30.3 Å². The van der Waals surface area contributed by atoms with Gasteiger partial charge < -0.3 is 19.1 Å². The van der Waals surface area contributed by atoms with Crippen molar-refractivity contribution in [3.63, 3.8) is 0 Å². The molecule has 0 aliphatic carbocycles. The second-order valence-electron chi connectivity index (χ2n) is 7.75. The van der Waals surface area contributed by atoms with Crippen molar-refractivity contribution >= 4 is 17.2 Å². The predicted octanol–water partition coefficient (Wildman–Crippen LogP) is 3.12. The number of thiophene rings is 1. The summed E-state index contributed by atoms with van der Waals surface area (Å²) in [6, 6.07) is 9.93. The Morgan fingerprint density at radius 3 is 2.62 bits per heavy atom. The van der Waals surface area contributed by atoms with Crippen molar-refractivity contribution in [1.29, 1.82) is 0 Å². The Bertz CT molecular complexity index is 869. The Labute approximate surface area is 175 Å². The van der Waals surface area contributed by atoms with Gasteiger partial charge in [0.1, 0.15) is 13.2 Å². The van der Waals surface area contributed by atoms with Crippen molar-refractivity contribution in [2.75, 3.05) is 52.5 Å². The van der Waals surface area contributed by atoms with Crippen LogP contribution >= 0.6 is 11.3 Å². The maximum absolute atomic E-state index is 13.0. The first kappa shape index (κ1) is 18.9. The lowest BCUT2D eigenvalue weighted by Gasteiger charge is -2.35. The molecule has 1 aromatic heterocycles. The van der Waals surface area contributed by atoms with Crippen LogP contribution in [0.3, 0.4) is 0 Å². The van der Waals surface area contributed by atoms with Gasteiger partial charge in [-0.25, -0.2) is 0 Å². The molecule has 1 atom stereocenters. The molecule has 0 unspecified atom stereocenters. The second-order valence-corrected chi connectivity index (χ2v) is 8.83. The van der Waals surface area contributed by atoms with Gasteiger partial charge in [-0.15, -0.1) is 11.3 Å². The first-order chi connectivity index (χ1) is 14.3. The highest BCUT2D eigenvalue weighted by atomic mass is 32.1. The average molecular weight is 415 g/mol. The number of amides is 1. The lowest BCUT2D eigenvalue weighted by atomic mass is 10.1. The van der Waals surface area contributed by atoms with Crippen LogP contribution in [0.4, 0.5) is 0 Å². The minimum Gasteiger partial charge on any atom is -0.486 e.